The zero-order valence-electron chi connectivity index (χ0n) is 13.8. The Labute approximate surface area is 124 Å². The number of nitrogens with one attached hydrogen (secondary N) is 1. The van der Waals surface area contributed by atoms with Crippen LogP contribution in [0.1, 0.15) is 40.0 Å². The van der Waals surface area contributed by atoms with E-state index >= 15 is 0 Å². The van der Waals surface area contributed by atoms with E-state index in [1.54, 1.807) is 0 Å². The summed E-state index contributed by atoms with van der Waals surface area (Å²) in [6.45, 7) is 14.1. The number of rotatable bonds is 4. The zero-order chi connectivity index (χ0) is 14.6. The predicted molar refractivity (Wildman–Crippen MR) is 86.2 cm³/mol. The van der Waals surface area contributed by atoms with Crippen molar-refractivity contribution in [2.45, 2.75) is 40.0 Å². The molecule has 2 saturated heterocycles. The van der Waals surface area contributed by atoms with Crippen molar-refractivity contribution in [2.75, 3.05) is 46.3 Å². The minimum atomic E-state index is 0.433. The van der Waals surface area contributed by atoms with Crippen LogP contribution in [0.4, 0.5) is 0 Å². The molecule has 0 aromatic carbocycles. The van der Waals surface area contributed by atoms with Crippen molar-refractivity contribution in [3.05, 3.63) is 0 Å². The fourth-order valence-electron chi connectivity index (χ4n) is 3.46. The summed E-state index contributed by atoms with van der Waals surface area (Å²) in [5, 5.41) is 3.60. The molecule has 2 aliphatic heterocycles. The van der Waals surface area contributed by atoms with Crippen molar-refractivity contribution >= 4 is 5.96 Å². The second-order valence-electron chi connectivity index (χ2n) is 7.22. The summed E-state index contributed by atoms with van der Waals surface area (Å²) >= 11 is 0. The van der Waals surface area contributed by atoms with Gasteiger partial charge in [0.25, 0.3) is 0 Å². The number of nitrogens with zero attached hydrogens (tertiary/aromatic N) is 3. The van der Waals surface area contributed by atoms with E-state index in [0.717, 1.165) is 31.5 Å². The summed E-state index contributed by atoms with van der Waals surface area (Å²) in [4.78, 5) is 9.48. The molecule has 116 valence electrons. The number of likely N-dealkylation sites (tertiary alicyclic amines) is 2. The molecule has 4 heteroatoms. The monoisotopic (exact) mass is 280 g/mol. The Balaban J connectivity index is 1.75. The Bertz CT molecular complexity index is 337. The quantitative estimate of drug-likeness (QED) is 0.631. The Morgan fingerprint density at radius 3 is 2.75 bits per heavy atom. The van der Waals surface area contributed by atoms with E-state index in [1.165, 1.54) is 38.9 Å². The van der Waals surface area contributed by atoms with Gasteiger partial charge in [-0.3, -0.25) is 4.99 Å². The van der Waals surface area contributed by atoms with Crippen LogP contribution in [-0.2, 0) is 0 Å². The van der Waals surface area contributed by atoms with Gasteiger partial charge in [0.2, 0.25) is 0 Å². The Kier molecular flexibility index (Phi) is 5.30. The van der Waals surface area contributed by atoms with Crippen molar-refractivity contribution in [3.63, 3.8) is 0 Å². The standard InChI is InChI=1S/C16H32N4/c1-5-8-19-9-6-14(12-19)11-18-15(17-4)20-10-7-16(2,3)13-20/h14H,5-13H2,1-4H3,(H,17,18). The van der Waals surface area contributed by atoms with E-state index in [9.17, 15) is 0 Å². The average Bonchev–Trinajstić information content (AvgIpc) is 2.98. The molecule has 0 aromatic rings. The van der Waals surface area contributed by atoms with Gasteiger partial charge in [-0.15, -0.1) is 0 Å². The Morgan fingerprint density at radius 2 is 2.15 bits per heavy atom. The van der Waals surface area contributed by atoms with Gasteiger partial charge in [-0.1, -0.05) is 20.8 Å². The molecule has 4 nitrogen and oxygen atoms in total. The predicted octanol–water partition coefficient (Wildman–Crippen LogP) is 2.03. The van der Waals surface area contributed by atoms with Crippen LogP contribution in [0.25, 0.3) is 0 Å². The van der Waals surface area contributed by atoms with Crippen LogP contribution < -0.4 is 5.32 Å². The first-order valence-corrected chi connectivity index (χ1v) is 8.22. The van der Waals surface area contributed by atoms with Crippen LogP contribution in [0, 0.1) is 11.3 Å². The Hall–Kier alpha value is -0.770. The lowest BCUT2D eigenvalue weighted by molar-refractivity contribution is 0.323. The highest BCUT2D eigenvalue weighted by Crippen LogP contribution is 2.28. The molecule has 1 N–H and O–H groups in total. The smallest absolute Gasteiger partial charge is 0.193 e. The molecule has 0 amide bonds. The van der Waals surface area contributed by atoms with E-state index in [1.807, 2.05) is 7.05 Å². The maximum absolute atomic E-state index is 4.47. The van der Waals surface area contributed by atoms with Gasteiger partial charge >= 0.3 is 0 Å². The molecule has 1 atom stereocenters. The van der Waals surface area contributed by atoms with Crippen LogP contribution >= 0.6 is 0 Å². The number of hydrogen-bond acceptors (Lipinski definition) is 2. The van der Waals surface area contributed by atoms with Crippen molar-refractivity contribution < 1.29 is 0 Å². The molecule has 0 spiro atoms. The second-order valence-corrected chi connectivity index (χ2v) is 7.22. The SMILES string of the molecule is CCCN1CCC(CNC(=NC)N2CCC(C)(C)C2)C1. The van der Waals surface area contributed by atoms with Gasteiger partial charge in [0.05, 0.1) is 0 Å². The summed E-state index contributed by atoms with van der Waals surface area (Å²) < 4.78 is 0. The molecule has 0 bridgehead atoms. The summed E-state index contributed by atoms with van der Waals surface area (Å²) in [7, 11) is 1.91. The maximum atomic E-state index is 4.47. The third kappa shape index (κ3) is 4.11. The molecular weight excluding hydrogens is 248 g/mol. The zero-order valence-corrected chi connectivity index (χ0v) is 13.8. The van der Waals surface area contributed by atoms with Gasteiger partial charge in [0, 0.05) is 33.2 Å². The van der Waals surface area contributed by atoms with Crippen molar-refractivity contribution in [1.82, 2.24) is 15.1 Å². The third-order valence-corrected chi connectivity index (χ3v) is 4.65. The highest BCUT2D eigenvalue weighted by atomic mass is 15.3. The highest BCUT2D eigenvalue weighted by molar-refractivity contribution is 5.80. The molecule has 0 saturated carbocycles. The number of aliphatic imine (C=N–C) groups is 1. The molecule has 0 aromatic heterocycles. The molecule has 2 rings (SSSR count). The van der Waals surface area contributed by atoms with E-state index in [-0.39, 0.29) is 0 Å². The van der Waals surface area contributed by atoms with Crippen LogP contribution in [-0.4, -0.2) is 62.1 Å². The Morgan fingerprint density at radius 1 is 1.35 bits per heavy atom. The van der Waals surface area contributed by atoms with Crippen molar-refractivity contribution in [1.29, 1.82) is 0 Å². The van der Waals surface area contributed by atoms with E-state index in [0.29, 0.717) is 5.41 Å². The fraction of sp³-hybridized carbons (Fsp3) is 0.938. The van der Waals surface area contributed by atoms with Gasteiger partial charge in [-0.25, -0.2) is 0 Å². The summed E-state index contributed by atoms with van der Waals surface area (Å²) in [5.41, 5.74) is 0.433. The molecular formula is C16H32N4. The van der Waals surface area contributed by atoms with Gasteiger partial charge in [-0.05, 0) is 43.7 Å². The topological polar surface area (TPSA) is 30.9 Å². The van der Waals surface area contributed by atoms with Gasteiger partial charge in [0.15, 0.2) is 5.96 Å². The van der Waals surface area contributed by atoms with Crippen LogP contribution in [0.15, 0.2) is 4.99 Å². The lowest BCUT2D eigenvalue weighted by atomic mass is 9.93. The van der Waals surface area contributed by atoms with Crippen LogP contribution in [0.5, 0.6) is 0 Å². The van der Waals surface area contributed by atoms with Crippen LogP contribution in [0.3, 0.4) is 0 Å². The molecule has 1 unspecified atom stereocenters. The lowest BCUT2D eigenvalue weighted by Crippen LogP contribution is -2.42. The third-order valence-electron chi connectivity index (χ3n) is 4.65. The summed E-state index contributed by atoms with van der Waals surface area (Å²) in [5.74, 6) is 1.89. The number of guanidine groups is 1. The molecule has 20 heavy (non-hydrogen) atoms. The highest BCUT2D eigenvalue weighted by Gasteiger charge is 2.31. The van der Waals surface area contributed by atoms with Crippen molar-refractivity contribution in [3.8, 4) is 0 Å². The first-order chi connectivity index (χ1) is 9.54. The van der Waals surface area contributed by atoms with E-state index in [4.69, 9.17) is 0 Å². The first kappa shape index (κ1) is 15.6. The minimum absolute atomic E-state index is 0.433. The van der Waals surface area contributed by atoms with Crippen LogP contribution in [0.2, 0.25) is 0 Å². The number of hydrogen-bond donors (Lipinski definition) is 1. The van der Waals surface area contributed by atoms with Gasteiger partial charge < -0.3 is 15.1 Å². The normalized spacial score (nSPS) is 27.3. The summed E-state index contributed by atoms with van der Waals surface area (Å²) in [6.07, 6.45) is 3.86. The lowest BCUT2D eigenvalue weighted by Gasteiger charge is -2.25. The van der Waals surface area contributed by atoms with Crippen molar-refractivity contribution in [2.24, 2.45) is 16.3 Å². The van der Waals surface area contributed by atoms with Gasteiger partial charge in [0.1, 0.15) is 0 Å². The van der Waals surface area contributed by atoms with E-state index in [2.05, 4.69) is 40.9 Å². The first-order valence-electron chi connectivity index (χ1n) is 8.22. The van der Waals surface area contributed by atoms with Gasteiger partial charge in [-0.2, -0.15) is 0 Å². The molecule has 2 heterocycles. The average molecular weight is 280 g/mol. The molecule has 0 aliphatic carbocycles. The minimum Gasteiger partial charge on any atom is -0.356 e. The molecule has 2 fully saturated rings. The summed E-state index contributed by atoms with van der Waals surface area (Å²) in [6, 6.07) is 0. The maximum Gasteiger partial charge on any atom is 0.193 e. The fourth-order valence-corrected chi connectivity index (χ4v) is 3.46. The molecule has 2 aliphatic rings. The van der Waals surface area contributed by atoms with E-state index < -0.39 is 0 Å². The molecule has 0 radical (unpaired) electrons. The second kappa shape index (κ2) is 6.79. The largest absolute Gasteiger partial charge is 0.356 e.